The highest BCUT2D eigenvalue weighted by Crippen LogP contribution is 2.25. The summed E-state index contributed by atoms with van der Waals surface area (Å²) < 4.78 is 28.9. The summed E-state index contributed by atoms with van der Waals surface area (Å²) >= 11 is 0. The lowest BCUT2D eigenvalue weighted by molar-refractivity contribution is 0.575. The quantitative estimate of drug-likeness (QED) is 0.309. The van der Waals surface area contributed by atoms with E-state index in [2.05, 4.69) is 23.6 Å². The van der Waals surface area contributed by atoms with Gasteiger partial charge in [-0.25, -0.2) is 8.42 Å². The Labute approximate surface area is 187 Å². The molecule has 3 rings (SSSR count). The Morgan fingerprint density at radius 2 is 1.58 bits per heavy atom. The van der Waals surface area contributed by atoms with E-state index in [1.165, 1.54) is 44.9 Å². The molecule has 0 aliphatic heterocycles. The lowest BCUT2D eigenvalue weighted by Crippen LogP contribution is -2.14. The molecule has 0 aliphatic carbocycles. The van der Waals surface area contributed by atoms with E-state index in [0.29, 0.717) is 16.1 Å². The molecule has 0 aliphatic rings. The Morgan fingerprint density at radius 3 is 2.35 bits per heavy atom. The average molecular weight is 439 g/mol. The molecule has 0 spiro atoms. The van der Waals surface area contributed by atoms with Crippen LogP contribution in [0.1, 0.15) is 69.4 Å². The van der Waals surface area contributed by atoms with Crippen LogP contribution in [0.25, 0.3) is 10.9 Å². The Kier molecular flexibility index (Phi) is 8.47. The van der Waals surface area contributed by atoms with Crippen molar-refractivity contribution >= 4 is 26.6 Å². The molecular weight excluding hydrogens is 404 g/mol. The van der Waals surface area contributed by atoms with Gasteiger partial charge in [-0.15, -0.1) is 0 Å². The van der Waals surface area contributed by atoms with Crippen molar-refractivity contribution in [3.05, 3.63) is 65.9 Å². The number of para-hydroxylation sites is 1. The summed E-state index contributed by atoms with van der Waals surface area (Å²) in [5, 5.41) is 0.905. The number of aromatic nitrogens is 1. The second-order valence-electron chi connectivity index (χ2n) is 8.30. The number of anilines is 1. The second kappa shape index (κ2) is 11.3. The molecule has 5 heteroatoms. The number of benzene rings is 2. The summed E-state index contributed by atoms with van der Waals surface area (Å²) in [4.78, 5) is 4.65. The van der Waals surface area contributed by atoms with Crippen molar-refractivity contribution in [2.75, 3.05) is 4.72 Å². The summed E-state index contributed by atoms with van der Waals surface area (Å²) in [7, 11) is -3.68. The Hall–Kier alpha value is -2.40. The van der Waals surface area contributed by atoms with E-state index in [9.17, 15) is 8.42 Å². The minimum Gasteiger partial charge on any atom is -0.277 e. The van der Waals surface area contributed by atoms with Gasteiger partial charge >= 0.3 is 0 Å². The number of aryl methyl sites for hydroxylation is 2. The Balaban J connectivity index is 1.64. The van der Waals surface area contributed by atoms with Crippen molar-refractivity contribution in [2.45, 2.75) is 76.5 Å². The zero-order valence-electron chi connectivity index (χ0n) is 18.7. The normalized spacial score (nSPS) is 11.7. The Morgan fingerprint density at radius 1 is 0.871 bits per heavy atom. The van der Waals surface area contributed by atoms with Gasteiger partial charge in [0.1, 0.15) is 0 Å². The molecule has 2 aromatic carbocycles. The van der Waals surface area contributed by atoms with Gasteiger partial charge in [-0.2, -0.15) is 0 Å². The van der Waals surface area contributed by atoms with Gasteiger partial charge in [-0.05, 0) is 55.2 Å². The van der Waals surface area contributed by atoms with Gasteiger partial charge in [0.15, 0.2) is 0 Å². The highest BCUT2D eigenvalue weighted by atomic mass is 32.2. The van der Waals surface area contributed by atoms with Crippen LogP contribution in [0, 0.1) is 6.92 Å². The van der Waals surface area contributed by atoms with Crippen LogP contribution < -0.4 is 4.72 Å². The number of hydrogen-bond acceptors (Lipinski definition) is 3. The number of nitrogens with one attached hydrogen (secondary N) is 1. The highest BCUT2D eigenvalue weighted by Gasteiger charge is 2.17. The zero-order chi connectivity index (χ0) is 22.1. The van der Waals surface area contributed by atoms with E-state index < -0.39 is 10.0 Å². The monoisotopic (exact) mass is 438 g/mol. The average Bonchev–Trinajstić information content (AvgIpc) is 2.76. The van der Waals surface area contributed by atoms with Crippen molar-refractivity contribution in [2.24, 2.45) is 0 Å². The lowest BCUT2D eigenvalue weighted by atomic mass is 10.0. The fourth-order valence-corrected chi connectivity index (χ4v) is 5.04. The van der Waals surface area contributed by atoms with E-state index in [0.717, 1.165) is 29.4 Å². The molecule has 1 N–H and O–H groups in total. The van der Waals surface area contributed by atoms with Gasteiger partial charge in [0.05, 0.1) is 16.1 Å². The van der Waals surface area contributed by atoms with Crippen LogP contribution in [0.4, 0.5) is 5.69 Å². The van der Waals surface area contributed by atoms with Gasteiger partial charge in [-0.1, -0.05) is 76.1 Å². The summed E-state index contributed by atoms with van der Waals surface area (Å²) in [6, 6.07) is 14.7. The fraction of sp³-hybridized carbons (Fsp3) is 0.423. The van der Waals surface area contributed by atoms with Crippen LogP contribution >= 0.6 is 0 Å². The third kappa shape index (κ3) is 6.54. The molecule has 31 heavy (non-hydrogen) atoms. The van der Waals surface area contributed by atoms with E-state index in [1.54, 1.807) is 18.3 Å². The number of nitrogens with zero attached hydrogens (tertiary/aromatic N) is 1. The molecule has 166 valence electrons. The van der Waals surface area contributed by atoms with Gasteiger partial charge in [-0.3, -0.25) is 9.71 Å². The first-order valence-corrected chi connectivity index (χ1v) is 13.0. The van der Waals surface area contributed by atoms with Crippen molar-refractivity contribution in [1.29, 1.82) is 0 Å². The van der Waals surface area contributed by atoms with E-state index in [1.807, 2.05) is 36.4 Å². The molecule has 0 fully saturated rings. The van der Waals surface area contributed by atoms with Crippen LogP contribution in [0.2, 0.25) is 0 Å². The summed E-state index contributed by atoms with van der Waals surface area (Å²) in [6.45, 7) is 4.30. The molecule has 0 radical (unpaired) electrons. The molecule has 0 atom stereocenters. The molecule has 0 unspecified atom stereocenters. The molecule has 1 heterocycles. The summed E-state index contributed by atoms with van der Waals surface area (Å²) in [6.07, 6.45) is 12.7. The maximum atomic E-state index is 13.1. The topological polar surface area (TPSA) is 59.1 Å². The lowest BCUT2D eigenvalue weighted by Gasteiger charge is -2.13. The predicted molar refractivity (Wildman–Crippen MR) is 130 cm³/mol. The third-order valence-corrected chi connectivity index (χ3v) is 7.17. The number of pyridine rings is 1. The predicted octanol–water partition coefficient (Wildman–Crippen LogP) is 7.03. The number of rotatable bonds is 12. The van der Waals surface area contributed by atoms with E-state index in [-0.39, 0.29) is 0 Å². The maximum absolute atomic E-state index is 13.1. The summed E-state index contributed by atoms with van der Waals surface area (Å²) in [5.41, 5.74) is 3.42. The first-order chi connectivity index (χ1) is 15.0. The molecule has 0 bridgehead atoms. The SMILES string of the molecule is CCCCCCCCCCc1cc(S(=O)(=O)Nc2cccc3cccnc23)ccc1C. The third-order valence-electron chi connectivity index (χ3n) is 5.81. The van der Waals surface area contributed by atoms with Gasteiger partial charge in [0.25, 0.3) is 10.0 Å². The minimum atomic E-state index is -3.68. The van der Waals surface area contributed by atoms with E-state index in [4.69, 9.17) is 0 Å². The first-order valence-electron chi connectivity index (χ1n) is 11.5. The fourth-order valence-electron chi connectivity index (χ4n) is 3.92. The molecule has 4 nitrogen and oxygen atoms in total. The van der Waals surface area contributed by atoms with Gasteiger partial charge < -0.3 is 0 Å². The van der Waals surface area contributed by atoms with Crippen LogP contribution in [-0.4, -0.2) is 13.4 Å². The van der Waals surface area contributed by atoms with Crippen molar-refractivity contribution < 1.29 is 8.42 Å². The molecule has 0 amide bonds. The second-order valence-corrected chi connectivity index (χ2v) is 9.98. The van der Waals surface area contributed by atoms with Crippen molar-refractivity contribution in [3.8, 4) is 0 Å². The molecule has 1 aromatic heterocycles. The molecule has 0 saturated heterocycles. The van der Waals surface area contributed by atoms with Crippen LogP contribution in [0.5, 0.6) is 0 Å². The van der Waals surface area contributed by atoms with Gasteiger partial charge in [0, 0.05) is 11.6 Å². The summed E-state index contributed by atoms with van der Waals surface area (Å²) in [5.74, 6) is 0. The number of sulfonamides is 1. The molecule has 3 aromatic rings. The van der Waals surface area contributed by atoms with Crippen LogP contribution in [0.3, 0.4) is 0 Å². The molecular formula is C26H34N2O2S. The van der Waals surface area contributed by atoms with Crippen molar-refractivity contribution in [3.63, 3.8) is 0 Å². The zero-order valence-corrected chi connectivity index (χ0v) is 19.5. The maximum Gasteiger partial charge on any atom is 0.261 e. The Bertz CT molecular complexity index is 1090. The highest BCUT2D eigenvalue weighted by molar-refractivity contribution is 7.92. The van der Waals surface area contributed by atoms with Crippen LogP contribution in [-0.2, 0) is 16.4 Å². The van der Waals surface area contributed by atoms with Crippen LogP contribution in [0.15, 0.2) is 59.6 Å². The number of fused-ring (bicyclic) bond motifs is 1. The minimum absolute atomic E-state index is 0.306. The first kappa shape index (κ1) is 23.3. The number of unbranched alkanes of at least 4 members (excludes halogenated alkanes) is 7. The van der Waals surface area contributed by atoms with Crippen molar-refractivity contribution in [1.82, 2.24) is 4.98 Å². The number of hydrogen-bond donors (Lipinski definition) is 1. The standard InChI is InChI=1S/C26H34N2O2S/c1-3-4-5-6-7-8-9-10-13-23-20-24(18-17-21(23)2)31(29,30)28-25-16-11-14-22-15-12-19-27-26(22)25/h11-12,14-20,28H,3-10,13H2,1-2H3. The van der Waals surface area contributed by atoms with Gasteiger partial charge in [0.2, 0.25) is 0 Å². The smallest absolute Gasteiger partial charge is 0.261 e. The largest absolute Gasteiger partial charge is 0.277 e. The van der Waals surface area contributed by atoms with E-state index >= 15 is 0 Å². The molecule has 0 saturated carbocycles.